The SMILES string of the molecule is CCCN(CCC)c1cc(C(=O)N2CCCc3ccccc32)ncn1. The second-order valence-corrected chi connectivity index (χ2v) is 6.44. The smallest absolute Gasteiger partial charge is 0.277 e. The van der Waals surface area contributed by atoms with E-state index in [9.17, 15) is 4.79 Å². The average Bonchev–Trinajstić information content (AvgIpc) is 2.67. The maximum atomic E-state index is 13.1. The highest BCUT2D eigenvalue weighted by molar-refractivity contribution is 6.05. The minimum absolute atomic E-state index is 0.0382. The molecule has 0 unspecified atom stereocenters. The van der Waals surface area contributed by atoms with Crippen LogP contribution in [0, 0.1) is 0 Å². The normalized spacial score (nSPS) is 13.4. The van der Waals surface area contributed by atoms with Crippen molar-refractivity contribution in [2.24, 2.45) is 0 Å². The predicted octanol–water partition coefficient (Wildman–Crippen LogP) is 3.70. The van der Waals surface area contributed by atoms with Gasteiger partial charge >= 0.3 is 0 Å². The van der Waals surface area contributed by atoms with Gasteiger partial charge in [-0.1, -0.05) is 32.0 Å². The Hall–Kier alpha value is -2.43. The van der Waals surface area contributed by atoms with Gasteiger partial charge in [0.1, 0.15) is 17.8 Å². The van der Waals surface area contributed by atoms with Crippen LogP contribution >= 0.6 is 0 Å². The summed E-state index contributed by atoms with van der Waals surface area (Å²) in [6.07, 6.45) is 5.62. The van der Waals surface area contributed by atoms with Crippen LogP contribution in [0.3, 0.4) is 0 Å². The number of rotatable bonds is 6. The third-order valence-electron chi connectivity index (χ3n) is 4.54. The van der Waals surface area contributed by atoms with Crippen LogP contribution in [0.5, 0.6) is 0 Å². The molecule has 0 aliphatic carbocycles. The van der Waals surface area contributed by atoms with Crippen molar-refractivity contribution in [3.63, 3.8) is 0 Å². The van der Waals surface area contributed by atoms with Gasteiger partial charge in [0, 0.05) is 31.4 Å². The lowest BCUT2D eigenvalue weighted by molar-refractivity contribution is 0.0980. The van der Waals surface area contributed by atoms with Gasteiger partial charge in [0.25, 0.3) is 5.91 Å². The van der Waals surface area contributed by atoms with E-state index in [1.807, 2.05) is 29.2 Å². The quantitative estimate of drug-likeness (QED) is 0.806. The molecular formula is C20H26N4O. The van der Waals surface area contributed by atoms with E-state index in [1.165, 1.54) is 11.9 Å². The number of aryl methyl sites for hydroxylation is 1. The molecular weight excluding hydrogens is 312 g/mol. The van der Waals surface area contributed by atoms with E-state index in [4.69, 9.17) is 0 Å². The molecule has 3 rings (SSSR count). The van der Waals surface area contributed by atoms with Crippen molar-refractivity contribution in [2.45, 2.75) is 39.5 Å². The standard InChI is InChI=1S/C20H26N4O/c1-3-11-23(12-4-2)19-14-17(21-15-22-19)20(25)24-13-7-9-16-8-5-6-10-18(16)24/h5-6,8,10,14-15H,3-4,7,9,11-13H2,1-2H3. The van der Waals surface area contributed by atoms with E-state index in [0.717, 1.165) is 56.8 Å². The fourth-order valence-corrected chi connectivity index (χ4v) is 3.40. The topological polar surface area (TPSA) is 49.3 Å². The Kier molecular flexibility index (Phi) is 5.64. The molecule has 2 heterocycles. The van der Waals surface area contributed by atoms with Gasteiger partial charge in [-0.05, 0) is 37.3 Å². The lowest BCUT2D eigenvalue weighted by atomic mass is 10.0. The highest BCUT2D eigenvalue weighted by Crippen LogP contribution is 2.28. The van der Waals surface area contributed by atoms with Crippen molar-refractivity contribution in [1.82, 2.24) is 9.97 Å². The molecule has 0 N–H and O–H groups in total. The first-order chi connectivity index (χ1) is 12.2. The molecule has 0 atom stereocenters. The van der Waals surface area contributed by atoms with Crippen molar-refractivity contribution in [1.29, 1.82) is 0 Å². The number of anilines is 2. The number of hydrogen-bond acceptors (Lipinski definition) is 4. The van der Waals surface area contributed by atoms with Crippen LogP contribution in [0.15, 0.2) is 36.7 Å². The second kappa shape index (κ2) is 8.10. The van der Waals surface area contributed by atoms with Crippen LogP contribution in [0.2, 0.25) is 0 Å². The Balaban J connectivity index is 1.87. The summed E-state index contributed by atoms with van der Waals surface area (Å²) < 4.78 is 0. The summed E-state index contributed by atoms with van der Waals surface area (Å²) in [4.78, 5) is 25.8. The van der Waals surface area contributed by atoms with Crippen LogP contribution in [0.4, 0.5) is 11.5 Å². The van der Waals surface area contributed by atoms with E-state index in [1.54, 1.807) is 0 Å². The third kappa shape index (κ3) is 3.81. The highest BCUT2D eigenvalue weighted by Gasteiger charge is 2.24. The van der Waals surface area contributed by atoms with Crippen LogP contribution in [0.1, 0.15) is 49.2 Å². The lowest BCUT2D eigenvalue weighted by Gasteiger charge is -2.29. The Morgan fingerprint density at radius 1 is 1.16 bits per heavy atom. The van der Waals surface area contributed by atoms with Gasteiger partial charge in [-0.15, -0.1) is 0 Å². The zero-order valence-corrected chi connectivity index (χ0v) is 15.1. The van der Waals surface area contributed by atoms with Gasteiger partial charge in [0.2, 0.25) is 0 Å². The number of fused-ring (bicyclic) bond motifs is 1. The van der Waals surface area contributed by atoms with E-state index in [2.05, 4.69) is 34.8 Å². The predicted molar refractivity (Wildman–Crippen MR) is 101 cm³/mol. The monoisotopic (exact) mass is 338 g/mol. The molecule has 1 amide bonds. The summed E-state index contributed by atoms with van der Waals surface area (Å²) >= 11 is 0. The summed E-state index contributed by atoms with van der Waals surface area (Å²) in [5, 5.41) is 0. The number of amides is 1. The first-order valence-electron chi connectivity index (χ1n) is 9.21. The molecule has 0 saturated carbocycles. The maximum Gasteiger partial charge on any atom is 0.277 e. The molecule has 2 aromatic rings. The van der Waals surface area contributed by atoms with Crippen LogP contribution < -0.4 is 9.80 Å². The lowest BCUT2D eigenvalue weighted by Crippen LogP contribution is -2.36. The van der Waals surface area contributed by atoms with Gasteiger partial charge in [0.15, 0.2) is 0 Å². The molecule has 0 bridgehead atoms. The second-order valence-electron chi connectivity index (χ2n) is 6.44. The van der Waals surface area contributed by atoms with Gasteiger partial charge in [-0.3, -0.25) is 4.79 Å². The Morgan fingerprint density at radius 3 is 2.68 bits per heavy atom. The molecule has 1 aromatic heterocycles. The number of para-hydroxylation sites is 1. The van der Waals surface area contributed by atoms with E-state index in [-0.39, 0.29) is 5.91 Å². The number of aromatic nitrogens is 2. The Bertz CT molecular complexity index is 725. The molecule has 0 fully saturated rings. The summed E-state index contributed by atoms with van der Waals surface area (Å²) in [6, 6.07) is 9.98. The summed E-state index contributed by atoms with van der Waals surface area (Å²) in [7, 11) is 0. The van der Waals surface area contributed by atoms with Crippen molar-refractivity contribution in [3.05, 3.63) is 47.9 Å². The molecule has 1 aliphatic heterocycles. The zero-order valence-electron chi connectivity index (χ0n) is 15.1. The number of carbonyl (C=O) groups is 1. The maximum absolute atomic E-state index is 13.1. The first-order valence-corrected chi connectivity index (χ1v) is 9.21. The minimum atomic E-state index is -0.0382. The van der Waals surface area contributed by atoms with E-state index in [0.29, 0.717) is 5.69 Å². The molecule has 0 saturated heterocycles. The number of carbonyl (C=O) groups excluding carboxylic acids is 1. The van der Waals surface area contributed by atoms with Crippen molar-refractivity contribution >= 4 is 17.4 Å². The summed E-state index contributed by atoms with van der Waals surface area (Å²) in [5.74, 6) is 0.802. The van der Waals surface area contributed by atoms with Gasteiger partial charge in [-0.2, -0.15) is 0 Å². The third-order valence-corrected chi connectivity index (χ3v) is 4.54. The molecule has 1 aromatic carbocycles. The van der Waals surface area contributed by atoms with Crippen molar-refractivity contribution in [3.8, 4) is 0 Å². The number of benzene rings is 1. The number of hydrogen-bond donors (Lipinski definition) is 0. The largest absolute Gasteiger partial charge is 0.357 e. The molecule has 5 heteroatoms. The molecule has 25 heavy (non-hydrogen) atoms. The van der Waals surface area contributed by atoms with Crippen molar-refractivity contribution in [2.75, 3.05) is 29.4 Å². The molecule has 5 nitrogen and oxygen atoms in total. The fraction of sp³-hybridized carbons (Fsp3) is 0.450. The molecule has 1 aliphatic rings. The van der Waals surface area contributed by atoms with E-state index < -0.39 is 0 Å². The first kappa shape index (κ1) is 17.4. The zero-order chi connectivity index (χ0) is 17.6. The van der Waals surface area contributed by atoms with Crippen LogP contribution in [-0.2, 0) is 6.42 Å². The van der Waals surface area contributed by atoms with Crippen LogP contribution in [-0.4, -0.2) is 35.5 Å². The minimum Gasteiger partial charge on any atom is -0.357 e. The van der Waals surface area contributed by atoms with E-state index >= 15 is 0 Å². The van der Waals surface area contributed by atoms with Gasteiger partial charge in [-0.25, -0.2) is 9.97 Å². The Labute approximate surface area is 149 Å². The summed E-state index contributed by atoms with van der Waals surface area (Å²) in [5.41, 5.74) is 2.71. The van der Waals surface area contributed by atoms with Crippen LogP contribution in [0.25, 0.3) is 0 Å². The van der Waals surface area contributed by atoms with Gasteiger partial charge in [0.05, 0.1) is 0 Å². The summed E-state index contributed by atoms with van der Waals surface area (Å²) in [6.45, 7) is 6.92. The number of nitrogens with zero attached hydrogens (tertiary/aromatic N) is 4. The highest BCUT2D eigenvalue weighted by atomic mass is 16.2. The fourth-order valence-electron chi connectivity index (χ4n) is 3.40. The van der Waals surface area contributed by atoms with Gasteiger partial charge < -0.3 is 9.80 Å². The Morgan fingerprint density at radius 2 is 1.92 bits per heavy atom. The van der Waals surface area contributed by atoms with Crippen molar-refractivity contribution < 1.29 is 4.79 Å². The molecule has 132 valence electrons. The molecule has 0 radical (unpaired) electrons. The molecule has 0 spiro atoms. The average molecular weight is 338 g/mol.